The summed E-state index contributed by atoms with van der Waals surface area (Å²) in [7, 11) is 0. The predicted octanol–water partition coefficient (Wildman–Crippen LogP) is 1.49. The molecule has 5 nitrogen and oxygen atoms in total. The molecule has 1 amide bonds. The number of nitrogens with one attached hydrogen (secondary N) is 2. The van der Waals surface area contributed by atoms with Gasteiger partial charge in [-0.3, -0.25) is 4.79 Å². The highest BCUT2D eigenvalue weighted by molar-refractivity contribution is 5.98. The van der Waals surface area contributed by atoms with E-state index in [1.54, 1.807) is 0 Å². The highest BCUT2D eigenvalue weighted by atomic mass is 16.5. The standard InChI is InChI=1S/C15H21N3O2/c16-15(5-8-20-9-6-15)14(19)18-12-3-4-13-11(10-12)2-1-7-17-13/h3-4,10,17H,1-2,5-9,16H2,(H,18,19). The van der Waals surface area contributed by atoms with Gasteiger partial charge in [-0.05, 0) is 49.4 Å². The largest absolute Gasteiger partial charge is 0.385 e. The molecule has 2 heterocycles. The van der Waals surface area contributed by atoms with E-state index in [1.807, 2.05) is 18.2 Å². The minimum Gasteiger partial charge on any atom is -0.385 e. The van der Waals surface area contributed by atoms with Crippen LogP contribution < -0.4 is 16.4 Å². The number of aryl methyl sites for hydroxylation is 1. The second-order valence-electron chi connectivity index (χ2n) is 5.62. The maximum Gasteiger partial charge on any atom is 0.244 e. The van der Waals surface area contributed by atoms with Gasteiger partial charge in [-0.25, -0.2) is 0 Å². The fourth-order valence-electron chi connectivity index (χ4n) is 2.77. The first kappa shape index (κ1) is 13.4. The molecular weight excluding hydrogens is 254 g/mol. The summed E-state index contributed by atoms with van der Waals surface area (Å²) in [6, 6.07) is 6.00. The van der Waals surface area contributed by atoms with Gasteiger partial charge in [-0.2, -0.15) is 0 Å². The summed E-state index contributed by atoms with van der Waals surface area (Å²) >= 11 is 0. The Kier molecular flexibility index (Phi) is 3.63. The van der Waals surface area contributed by atoms with Crippen LogP contribution >= 0.6 is 0 Å². The molecule has 20 heavy (non-hydrogen) atoms. The quantitative estimate of drug-likeness (QED) is 0.764. The molecule has 1 fully saturated rings. The van der Waals surface area contributed by atoms with E-state index >= 15 is 0 Å². The van der Waals surface area contributed by atoms with Crippen LogP contribution in [0.15, 0.2) is 18.2 Å². The normalized spacial score (nSPS) is 20.6. The first-order valence-corrected chi connectivity index (χ1v) is 7.22. The molecule has 0 bridgehead atoms. The van der Waals surface area contributed by atoms with Crippen LogP contribution in [0.3, 0.4) is 0 Å². The van der Waals surface area contributed by atoms with Gasteiger partial charge < -0.3 is 21.1 Å². The lowest BCUT2D eigenvalue weighted by molar-refractivity contribution is -0.124. The molecular formula is C15H21N3O2. The monoisotopic (exact) mass is 275 g/mol. The smallest absolute Gasteiger partial charge is 0.244 e. The third-order valence-electron chi connectivity index (χ3n) is 4.14. The number of fused-ring (bicyclic) bond motifs is 1. The molecule has 0 unspecified atom stereocenters. The topological polar surface area (TPSA) is 76.4 Å². The van der Waals surface area contributed by atoms with Gasteiger partial charge in [0.05, 0.1) is 0 Å². The highest BCUT2D eigenvalue weighted by Gasteiger charge is 2.35. The van der Waals surface area contributed by atoms with E-state index in [9.17, 15) is 4.79 Å². The summed E-state index contributed by atoms with van der Waals surface area (Å²) in [5, 5.41) is 6.32. The Morgan fingerprint density at radius 1 is 1.35 bits per heavy atom. The Hall–Kier alpha value is -1.59. The van der Waals surface area contributed by atoms with Crippen molar-refractivity contribution in [1.82, 2.24) is 0 Å². The molecule has 2 aliphatic rings. The number of benzene rings is 1. The van der Waals surface area contributed by atoms with Gasteiger partial charge in [0.2, 0.25) is 5.91 Å². The molecule has 1 aromatic carbocycles. The zero-order valence-corrected chi connectivity index (χ0v) is 11.6. The third-order valence-corrected chi connectivity index (χ3v) is 4.14. The molecule has 0 atom stereocenters. The zero-order chi connectivity index (χ0) is 14.0. The summed E-state index contributed by atoms with van der Waals surface area (Å²) in [4.78, 5) is 12.4. The summed E-state index contributed by atoms with van der Waals surface area (Å²) < 4.78 is 5.27. The first-order valence-electron chi connectivity index (χ1n) is 7.22. The first-order chi connectivity index (χ1) is 9.67. The van der Waals surface area contributed by atoms with Crippen molar-refractivity contribution in [2.75, 3.05) is 30.4 Å². The lowest BCUT2D eigenvalue weighted by Gasteiger charge is -2.32. The Bertz CT molecular complexity index is 510. The van der Waals surface area contributed by atoms with Crippen LogP contribution in [-0.4, -0.2) is 31.2 Å². The van der Waals surface area contributed by atoms with Crippen LogP contribution in [0.2, 0.25) is 0 Å². The van der Waals surface area contributed by atoms with E-state index < -0.39 is 5.54 Å². The highest BCUT2D eigenvalue weighted by Crippen LogP contribution is 2.26. The van der Waals surface area contributed by atoms with E-state index in [-0.39, 0.29) is 5.91 Å². The SMILES string of the molecule is NC1(C(=O)Nc2ccc3c(c2)CCCN3)CCOCC1. The fraction of sp³-hybridized carbons (Fsp3) is 0.533. The van der Waals surface area contributed by atoms with Gasteiger partial charge in [0, 0.05) is 31.1 Å². The van der Waals surface area contributed by atoms with Crippen LogP contribution in [0.25, 0.3) is 0 Å². The minimum atomic E-state index is -0.799. The van der Waals surface area contributed by atoms with Gasteiger partial charge in [0.1, 0.15) is 5.54 Å². The van der Waals surface area contributed by atoms with Crippen molar-refractivity contribution in [3.63, 3.8) is 0 Å². The van der Waals surface area contributed by atoms with E-state index in [1.165, 1.54) is 11.3 Å². The van der Waals surface area contributed by atoms with Crippen molar-refractivity contribution < 1.29 is 9.53 Å². The molecule has 5 heteroatoms. The molecule has 0 spiro atoms. The van der Waals surface area contributed by atoms with Gasteiger partial charge in [0.25, 0.3) is 0 Å². The number of nitrogens with two attached hydrogens (primary N) is 1. The number of hydrogen-bond donors (Lipinski definition) is 3. The summed E-state index contributed by atoms with van der Waals surface area (Å²) in [5.74, 6) is -0.107. The van der Waals surface area contributed by atoms with Crippen molar-refractivity contribution in [3.8, 4) is 0 Å². The van der Waals surface area contributed by atoms with Gasteiger partial charge in [-0.15, -0.1) is 0 Å². The van der Waals surface area contributed by atoms with Crippen LogP contribution in [0, 0.1) is 0 Å². The molecule has 0 aromatic heterocycles. The van der Waals surface area contributed by atoms with Crippen LogP contribution in [-0.2, 0) is 16.0 Å². The molecule has 0 aliphatic carbocycles. The van der Waals surface area contributed by atoms with E-state index in [0.717, 1.165) is 25.1 Å². The van der Waals surface area contributed by atoms with Crippen molar-refractivity contribution >= 4 is 17.3 Å². The van der Waals surface area contributed by atoms with E-state index in [0.29, 0.717) is 26.1 Å². The average molecular weight is 275 g/mol. The van der Waals surface area contributed by atoms with E-state index in [2.05, 4.69) is 10.6 Å². The number of ether oxygens (including phenoxy) is 1. The van der Waals surface area contributed by atoms with Crippen molar-refractivity contribution in [2.24, 2.45) is 5.73 Å². The number of carbonyl (C=O) groups is 1. The van der Waals surface area contributed by atoms with Crippen molar-refractivity contribution in [3.05, 3.63) is 23.8 Å². The number of hydrogen-bond acceptors (Lipinski definition) is 4. The average Bonchev–Trinajstić information content (AvgIpc) is 2.48. The summed E-state index contributed by atoms with van der Waals surface area (Å²) in [5.41, 5.74) is 8.64. The van der Waals surface area contributed by atoms with Crippen molar-refractivity contribution in [1.29, 1.82) is 0 Å². The molecule has 1 saturated heterocycles. The summed E-state index contributed by atoms with van der Waals surface area (Å²) in [6.45, 7) is 2.13. The number of carbonyl (C=O) groups excluding carboxylic acids is 1. The molecule has 0 radical (unpaired) electrons. The zero-order valence-electron chi connectivity index (χ0n) is 11.6. The Balaban J connectivity index is 1.72. The molecule has 1 aromatic rings. The molecule has 3 rings (SSSR count). The lowest BCUT2D eigenvalue weighted by Crippen LogP contribution is -2.54. The van der Waals surface area contributed by atoms with Crippen LogP contribution in [0.5, 0.6) is 0 Å². The van der Waals surface area contributed by atoms with Crippen LogP contribution in [0.4, 0.5) is 11.4 Å². The van der Waals surface area contributed by atoms with Gasteiger partial charge in [0.15, 0.2) is 0 Å². The second kappa shape index (κ2) is 5.42. The maximum atomic E-state index is 12.4. The molecule has 0 saturated carbocycles. The minimum absolute atomic E-state index is 0.107. The van der Waals surface area contributed by atoms with Crippen molar-refractivity contribution in [2.45, 2.75) is 31.2 Å². The third kappa shape index (κ3) is 2.64. The van der Waals surface area contributed by atoms with E-state index in [4.69, 9.17) is 10.5 Å². The van der Waals surface area contributed by atoms with Gasteiger partial charge in [-0.1, -0.05) is 0 Å². The molecule has 4 N–H and O–H groups in total. The Labute approximate surface area is 118 Å². The van der Waals surface area contributed by atoms with Crippen LogP contribution in [0.1, 0.15) is 24.8 Å². The molecule has 2 aliphatic heterocycles. The predicted molar refractivity (Wildman–Crippen MR) is 78.9 cm³/mol. The summed E-state index contributed by atoms with van der Waals surface area (Å²) in [6.07, 6.45) is 3.33. The number of amides is 1. The maximum absolute atomic E-state index is 12.4. The Morgan fingerprint density at radius 3 is 2.95 bits per heavy atom. The second-order valence-corrected chi connectivity index (χ2v) is 5.62. The number of anilines is 2. The Morgan fingerprint density at radius 2 is 2.15 bits per heavy atom. The fourth-order valence-corrected chi connectivity index (χ4v) is 2.77. The molecule has 108 valence electrons. The number of rotatable bonds is 2. The lowest BCUT2D eigenvalue weighted by atomic mass is 9.90. The van der Waals surface area contributed by atoms with Gasteiger partial charge >= 0.3 is 0 Å².